The molecule has 0 saturated carbocycles. The second-order valence-corrected chi connectivity index (χ2v) is 8.05. The molecule has 1 saturated heterocycles. The minimum atomic E-state index is -0.375. The molecule has 9 nitrogen and oxygen atoms in total. The van der Waals surface area contributed by atoms with Crippen molar-refractivity contribution in [2.24, 2.45) is 0 Å². The van der Waals surface area contributed by atoms with Crippen molar-refractivity contribution in [1.29, 1.82) is 0 Å². The summed E-state index contributed by atoms with van der Waals surface area (Å²) < 4.78 is 0. The lowest BCUT2D eigenvalue weighted by molar-refractivity contribution is -0.120. The molecule has 2 aromatic carbocycles. The number of anilines is 2. The molecule has 0 radical (unpaired) electrons. The quantitative estimate of drug-likeness (QED) is 0.466. The molecule has 9 heteroatoms. The molecular formula is C26H25N5O4. The Morgan fingerprint density at radius 3 is 2.34 bits per heavy atom. The summed E-state index contributed by atoms with van der Waals surface area (Å²) in [6.45, 7) is 0.750. The average Bonchev–Trinajstić information content (AvgIpc) is 3.32. The Bertz CT molecular complexity index is 1230. The van der Waals surface area contributed by atoms with Gasteiger partial charge in [-0.3, -0.25) is 24.2 Å². The van der Waals surface area contributed by atoms with Gasteiger partial charge < -0.3 is 20.9 Å². The summed E-state index contributed by atoms with van der Waals surface area (Å²) in [7, 11) is 0. The summed E-state index contributed by atoms with van der Waals surface area (Å²) >= 11 is 0. The van der Waals surface area contributed by atoms with Crippen LogP contribution in [0.5, 0.6) is 0 Å². The molecule has 35 heavy (non-hydrogen) atoms. The van der Waals surface area contributed by atoms with Crippen LogP contribution in [0, 0.1) is 0 Å². The van der Waals surface area contributed by atoms with Crippen molar-refractivity contribution in [3.8, 4) is 0 Å². The SMILES string of the molecule is O=C(CNC(=O)c1ccc(N2CCCC2=O)cc1)NCc1cccc(NC(=O)c2ccncc2)c1. The highest BCUT2D eigenvalue weighted by Crippen LogP contribution is 2.21. The molecule has 3 aromatic rings. The van der Waals surface area contributed by atoms with Gasteiger partial charge in [0, 0.05) is 54.4 Å². The maximum absolute atomic E-state index is 12.4. The lowest BCUT2D eigenvalue weighted by atomic mass is 10.2. The third-order valence-electron chi connectivity index (χ3n) is 5.54. The van der Waals surface area contributed by atoms with Gasteiger partial charge in [0.05, 0.1) is 6.54 Å². The Morgan fingerprint density at radius 1 is 0.886 bits per heavy atom. The second-order valence-electron chi connectivity index (χ2n) is 8.05. The molecule has 178 valence electrons. The number of carbonyl (C=O) groups excluding carboxylic acids is 4. The molecule has 1 aliphatic rings. The molecule has 1 aromatic heterocycles. The highest BCUT2D eigenvalue weighted by atomic mass is 16.2. The second kappa shape index (κ2) is 11.1. The molecular weight excluding hydrogens is 446 g/mol. The molecule has 0 aliphatic carbocycles. The van der Waals surface area contributed by atoms with E-state index in [1.807, 2.05) is 6.07 Å². The van der Waals surface area contributed by atoms with Crippen molar-refractivity contribution >= 4 is 35.0 Å². The van der Waals surface area contributed by atoms with E-state index in [9.17, 15) is 19.2 Å². The highest BCUT2D eigenvalue weighted by molar-refractivity contribution is 6.04. The predicted molar refractivity (Wildman–Crippen MR) is 131 cm³/mol. The lowest BCUT2D eigenvalue weighted by Gasteiger charge is -2.15. The Kier molecular flexibility index (Phi) is 7.47. The number of aromatic nitrogens is 1. The van der Waals surface area contributed by atoms with E-state index < -0.39 is 0 Å². The van der Waals surface area contributed by atoms with Gasteiger partial charge in [0.1, 0.15) is 0 Å². The topological polar surface area (TPSA) is 121 Å². The smallest absolute Gasteiger partial charge is 0.255 e. The zero-order valence-electron chi connectivity index (χ0n) is 19.0. The monoisotopic (exact) mass is 471 g/mol. The summed E-state index contributed by atoms with van der Waals surface area (Å²) in [6.07, 6.45) is 4.47. The Labute approximate surface area is 202 Å². The van der Waals surface area contributed by atoms with E-state index in [4.69, 9.17) is 0 Å². The molecule has 3 N–H and O–H groups in total. The molecule has 1 fully saturated rings. The van der Waals surface area contributed by atoms with Gasteiger partial charge in [-0.1, -0.05) is 12.1 Å². The van der Waals surface area contributed by atoms with Crippen molar-refractivity contribution in [2.75, 3.05) is 23.3 Å². The summed E-state index contributed by atoms with van der Waals surface area (Å²) in [4.78, 5) is 54.3. The van der Waals surface area contributed by atoms with Crippen LogP contribution >= 0.6 is 0 Å². The number of rotatable bonds is 8. The Morgan fingerprint density at radius 2 is 1.63 bits per heavy atom. The maximum Gasteiger partial charge on any atom is 0.255 e. The number of hydrogen-bond donors (Lipinski definition) is 3. The van der Waals surface area contributed by atoms with E-state index in [0.29, 0.717) is 29.8 Å². The summed E-state index contributed by atoms with van der Waals surface area (Å²) in [5, 5.41) is 8.16. The normalized spacial score (nSPS) is 12.8. The molecule has 2 heterocycles. The van der Waals surface area contributed by atoms with E-state index >= 15 is 0 Å². The van der Waals surface area contributed by atoms with Crippen LogP contribution in [0.4, 0.5) is 11.4 Å². The first-order valence-electron chi connectivity index (χ1n) is 11.3. The van der Waals surface area contributed by atoms with Crippen molar-refractivity contribution < 1.29 is 19.2 Å². The predicted octanol–water partition coefficient (Wildman–Crippen LogP) is 2.51. The number of nitrogens with zero attached hydrogens (tertiary/aromatic N) is 2. The van der Waals surface area contributed by atoms with Gasteiger partial charge in [0.2, 0.25) is 11.8 Å². The number of hydrogen-bond acceptors (Lipinski definition) is 5. The van der Waals surface area contributed by atoms with Crippen LogP contribution < -0.4 is 20.9 Å². The van der Waals surface area contributed by atoms with E-state index in [0.717, 1.165) is 17.7 Å². The highest BCUT2D eigenvalue weighted by Gasteiger charge is 2.21. The third kappa shape index (κ3) is 6.29. The van der Waals surface area contributed by atoms with E-state index in [1.54, 1.807) is 71.9 Å². The summed E-state index contributed by atoms with van der Waals surface area (Å²) in [5.41, 5.74) is 3.07. The fraction of sp³-hybridized carbons (Fsp3) is 0.192. The number of nitrogens with one attached hydrogen (secondary N) is 3. The summed E-state index contributed by atoms with van der Waals surface area (Å²) in [6, 6.07) is 17.1. The van der Waals surface area contributed by atoms with Crippen LogP contribution in [0.25, 0.3) is 0 Å². The van der Waals surface area contributed by atoms with Gasteiger partial charge in [0.15, 0.2) is 0 Å². The van der Waals surface area contributed by atoms with Crippen LogP contribution in [0.2, 0.25) is 0 Å². The average molecular weight is 472 g/mol. The molecule has 0 unspecified atom stereocenters. The van der Waals surface area contributed by atoms with Gasteiger partial charge in [-0.05, 0) is 60.5 Å². The van der Waals surface area contributed by atoms with Crippen molar-refractivity contribution in [1.82, 2.24) is 15.6 Å². The maximum atomic E-state index is 12.4. The standard InChI is InChI=1S/C26H25N5O4/c32-23(17-29-25(34)19-6-8-22(9-7-19)31-14-2-5-24(31)33)28-16-18-3-1-4-21(15-18)30-26(35)20-10-12-27-13-11-20/h1,3-4,6-13,15H,2,5,14,16-17H2,(H,28,32)(H,29,34)(H,30,35). The first-order chi connectivity index (χ1) is 17.0. The zero-order chi connectivity index (χ0) is 24.6. The number of amides is 4. The van der Waals surface area contributed by atoms with Crippen LogP contribution in [-0.4, -0.2) is 41.7 Å². The van der Waals surface area contributed by atoms with Gasteiger partial charge in [-0.2, -0.15) is 0 Å². The molecule has 0 spiro atoms. The van der Waals surface area contributed by atoms with E-state index in [1.165, 1.54) is 0 Å². The van der Waals surface area contributed by atoms with Gasteiger partial charge in [0.25, 0.3) is 11.8 Å². The molecule has 1 aliphatic heterocycles. The largest absolute Gasteiger partial charge is 0.350 e. The van der Waals surface area contributed by atoms with Crippen LogP contribution in [0.15, 0.2) is 73.1 Å². The number of pyridine rings is 1. The van der Waals surface area contributed by atoms with Gasteiger partial charge in [-0.25, -0.2) is 0 Å². The molecule has 4 rings (SSSR count). The van der Waals surface area contributed by atoms with Crippen molar-refractivity contribution in [3.63, 3.8) is 0 Å². The van der Waals surface area contributed by atoms with Crippen molar-refractivity contribution in [2.45, 2.75) is 19.4 Å². The zero-order valence-corrected chi connectivity index (χ0v) is 19.0. The third-order valence-corrected chi connectivity index (χ3v) is 5.54. The molecule has 0 atom stereocenters. The number of benzene rings is 2. The number of carbonyl (C=O) groups is 4. The Balaban J connectivity index is 1.23. The van der Waals surface area contributed by atoms with E-state index in [2.05, 4.69) is 20.9 Å². The molecule has 4 amide bonds. The van der Waals surface area contributed by atoms with Crippen LogP contribution in [-0.2, 0) is 16.1 Å². The van der Waals surface area contributed by atoms with Crippen LogP contribution in [0.3, 0.4) is 0 Å². The van der Waals surface area contributed by atoms with Gasteiger partial charge >= 0.3 is 0 Å². The minimum Gasteiger partial charge on any atom is -0.350 e. The van der Waals surface area contributed by atoms with Crippen molar-refractivity contribution in [3.05, 3.63) is 89.7 Å². The first kappa shape index (κ1) is 23.6. The minimum absolute atomic E-state index is 0.0838. The summed E-state index contributed by atoms with van der Waals surface area (Å²) in [5.74, 6) is -0.888. The van der Waals surface area contributed by atoms with Gasteiger partial charge in [-0.15, -0.1) is 0 Å². The fourth-order valence-corrected chi connectivity index (χ4v) is 3.71. The first-order valence-corrected chi connectivity index (χ1v) is 11.3. The van der Waals surface area contributed by atoms with Crippen LogP contribution in [0.1, 0.15) is 39.1 Å². The van der Waals surface area contributed by atoms with E-state index in [-0.39, 0.29) is 36.7 Å². The lowest BCUT2D eigenvalue weighted by Crippen LogP contribution is -2.36. The Hall–Kier alpha value is -4.53. The fourth-order valence-electron chi connectivity index (χ4n) is 3.71. The molecule has 0 bridgehead atoms.